The van der Waals surface area contributed by atoms with Crippen molar-refractivity contribution in [2.45, 2.75) is 16.7 Å². The minimum absolute atomic E-state index is 0.154. The molecular weight excluding hydrogens is 500 g/mol. The monoisotopic (exact) mass is 528 g/mol. The molecule has 7 nitrogen and oxygen atoms in total. The maximum atomic E-state index is 13.2. The first-order chi connectivity index (χ1) is 18.4. The van der Waals surface area contributed by atoms with Crippen LogP contribution in [0.5, 0.6) is 5.75 Å². The minimum Gasteiger partial charge on any atom is -0.496 e. The maximum absolute atomic E-state index is 13.2. The van der Waals surface area contributed by atoms with E-state index in [1.807, 2.05) is 55.5 Å². The predicted octanol–water partition coefficient (Wildman–Crippen LogP) is 6.29. The number of aliphatic imine (C=N–C) groups is 2. The molecule has 0 aliphatic heterocycles. The second kappa shape index (κ2) is 11.7. The number of hydrogen-bond donors (Lipinski definition) is 0. The van der Waals surface area contributed by atoms with Crippen LogP contribution in [0.15, 0.2) is 117 Å². The molecular formula is C30H28N2O5S. The van der Waals surface area contributed by atoms with Crippen molar-refractivity contribution >= 4 is 33.0 Å². The third-order valence-electron chi connectivity index (χ3n) is 5.85. The Morgan fingerprint density at radius 3 is 1.53 bits per heavy atom. The molecule has 0 amide bonds. The van der Waals surface area contributed by atoms with E-state index < -0.39 is 9.84 Å². The summed E-state index contributed by atoms with van der Waals surface area (Å²) in [4.78, 5) is 9.39. The Morgan fingerprint density at radius 1 is 0.605 bits per heavy atom. The molecule has 0 saturated carbocycles. The van der Waals surface area contributed by atoms with E-state index in [2.05, 4.69) is 9.98 Å². The zero-order chi connectivity index (χ0) is 27.1. The van der Waals surface area contributed by atoms with Crippen molar-refractivity contribution in [1.29, 1.82) is 0 Å². The molecule has 8 heteroatoms. The molecule has 0 unspecified atom stereocenters. The van der Waals surface area contributed by atoms with Crippen LogP contribution in [0.3, 0.4) is 0 Å². The van der Waals surface area contributed by atoms with Crippen LogP contribution < -0.4 is 4.74 Å². The summed E-state index contributed by atoms with van der Waals surface area (Å²) in [7, 11) is 0.915. The molecule has 4 rings (SSSR count). The van der Waals surface area contributed by atoms with Crippen LogP contribution in [0.25, 0.3) is 0 Å². The third kappa shape index (κ3) is 5.76. The Bertz CT molecular complexity index is 1580. The van der Waals surface area contributed by atoms with Gasteiger partial charge in [0, 0.05) is 5.56 Å². The van der Waals surface area contributed by atoms with Gasteiger partial charge in [-0.3, -0.25) is 0 Å². The molecule has 0 heterocycles. The lowest BCUT2D eigenvalue weighted by Crippen LogP contribution is -2.05. The summed E-state index contributed by atoms with van der Waals surface area (Å²) in [5.74, 6) is 1.44. The van der Waals surface area contributed by atoms with Gasteiger partial charge >= 0.3 is 0 Å². The second-order valence-electron chi connectivity index (χ2n) is 8.25. The molecule has 0 bridgehead atoms. The van der Waals surface area contributed by atoms with Gasteiger partial charge in [0.1, 0.15) is 5.75 Å². The number of benzene rings is 4. The van der Waals surface area contributed by atoms with Crippen LogP contribution in [0.2, 0.25) is 0 Å². The van der Waals surface area contributed by atoms with Gasteiger partial charge in [0.2, 0.25) is 21.6 Å². The first-order valence-electron chi connectivity index (χ1n) is 11.8. The standard InChI is InChI=1S/C30H28N2O5S/c1-21-9-5-6-10-26(21)29(36-3)31-22-13-17-24(18-14-22)38(33,34)25-19-15-23(16-20-25)32-30(37-4)27-11-7-8-12-28(27)35-2/h5-20H,1-4H3. The fourth-order valence-electron chi connectivity index (χ4n) is 3.84. The van der Waals surface area contributed by atoms with E-state index in [4.69, 9.17) is 14.2 Å². The summed E-state index contributed by atoms with van der Waals surface area (Å²) in [6.07, 6.45) is 0. The maximum Gasteiger partial charge on any atom is 0.224 e. The quantitative estimate of drug-likeness (QED) is 0.208. The molecule has 194 valence electrons. The van der Waals surface area contributed by atoms with Crippen LogP contribution in [0.1, 0.15) is 16.7 Å². The smallest absolute Gasteiger partial charge is 0.224 e. The summed E-state index contributed by atoms with van der Waals surface area (Å²) in [5, 5.41) is 0. The van der Waals surface area contributed by atoms with Gasteiger partial charge in [0.05, 0.1) is 48.1 Å². The van der Waals surface area contributed by atoms with Crippen molar-refractivity contribution in [2.75, 3.05) is 21.3 Å². The van der Waals surface area contributed by atoms with Gasteiger partial charge < -0.3 is 14.2 Å². The molecule has 0 aliphatic rings. The second-order valence-corrected chi connectivity index (χ2v) is 10.2. The molecule has 38 heavy (non-hydrogen) atoms. The molecule has 0 radical (unpaired) electrons. The van der Waals surface area contributed by atoms with Crippen molar-refractivity contribution in [2.24, 2.45) is 9.98 Å². The lowest BCUT2D eigenvalue weighted by atomic mass is 10.1. The Kier molecular flexibility index (Phi) is 8.23. The highest BCUT2D eigenvalue weighted by Crippen LogP contribution is 2.27. The highest BCUT2D eigenvalue weighted by molar-refractivity contribution is 7.91. The van der Waals surface area contributed by atoms with Crippen LogP contribution in [0.4, 0.5) is 11.4 Å². The lowest BCUT2D eigenvalue weighted by Gasteiger charge is -2.10. The van der Waals surface area contributed by atoms with Crippen LogP contribution >= 0.6 is 0 Å². The van der Waals surface area contributed by atoms with Crippen molar-refractivity contribution in [3.63, 3.8) is 0 Å². The van der Waals surface area contributed by atoms with Gasteiger partial charge in [0.25, 0.3) is 0 Å². The van der Waals surface area contributed by atoms with Crippen LogP contribution in [-0.4, -0.2) is 41.5 Å². The SMILES string of the molecule is COC(=Nc1ccc(S(=O)(=O)c2ccc(N=C(OC)c3ccccc3OC)cc2)cc1)c1ccccc1C. The Morgan fingerprint density at radius 2 is 1.05 bits per heavy atom. The number of methoxy groups -OCH3 is 3. The van der Waals surface area contributed by atoms with Gasteiger partial charge in [0.15, 0.2) is 0 Å². The topological polar surface area (TPSA) is 86.6 Å². The summed E-state index contributed by atoms with van der Waals surface area (Å²) in [5.41, 5.74) is 3.71. The first kappa shape index (κ1) is 26.6. The molecule has 0 N–H and O–H groups in total. The van der Waals surface area contributed by atoms with Crippen molar-refractivity contribution in [3.8, 4) is 5.75 Å². The minimum atomic E-state index is -3.74. The van der Waals surface area contributed by atoms with Crippen LogP contribution in [0, 0.1) is 6.92 Å². The lowest BCUT2D eigenvalue weighted by molar-refractivity contribution is 0.390. The molecule has 4 aromatic carbocycles. The van der Waals surface area contributed by atoms with E-state index >= 15 is 0 Å². The number of aryl methyl sites for hydroxylation is 1. The number of para-hydroxylation sites is 1. The van der Waals surface area contributed by atoms with Crippen LogP contribution in [-0.2, 0) is 19.3 Å². The van der Waals surface area contributed by atoms with E-state index in [9.17, 15) is 8.42 Å². The summed E-state index contributed by atoms with van der Waals surface area (Å²) in [6.45, 7) is 1.98. The number of rotatable bonds is 7. The highest BCUT2D eigenvalue weighted by Gasteiger charge is 2.18. The third-order valence-corrected chi connectivity index (χ3v) is 7.64. The Hall–Kier alpha value is -4.43. The largest absolute Gasteiger partial charge is 0.496 e. The van der Waals surface area contributed by atoms with Gasteiger partial charge in [-0.05, 0) is 79.2 Å². The summed E-state index contributed by atoms with van der Waals surface area (Å²) >= 11 is 0. The highest BCUT2D eigenvalue weighted by atomic mass is 32.2. The van der Waals surface area contributed by atoms with E-state index in [0.29, 0.717) is 34.5 Å². The zero-order valence-corrected chi connectivity index (χ0v) is 22.4. The Balaban J connectivity index is 1.58. The molecule has 4 aromatic rings. The van der Waals surface area contributed by atoms with Crippen molar-refractivity contribution in [1.82, 2.24) is 0 Å². The average molecular weight is 529 g/mol. The zero-order valence-electron chi connectivity index (χ0n) is 21.6. The van der Waals surface area contributed by atoms with Gasteiger partial charge in [-0.2, -0.15) is 0 Å². The van der Waals surface area contributed by atoms with E-state index in [1.54, 1.807) is 38.5 Å². The fraction of sp³-hybridized carbons (Fsp3) is 0.133. The molecule has 0 atom stereocenters. The van der Waals surface area contributed by atoms with Crippen molar-refractivity contribution in [3.05, 3.63) is 114 Å². The van der Waals surface area contributed by atoms with Crippen molar-refractivity contribution < 1.29 is 22.6 Å². The number of sulfone groups is 1. The molecule has 0 aliphatic carbocycles. The van der Waals surface area contributed by atoms with E-state index in [0.717, 1.165) is 11.1 Å². The van der Waals surface area contributed by atoms with Gasteiger partial charge in [-0.25, -0.2) is 18.4 Å². The normalized spacial score (nSPS) is 12.2. The summed E-state index contributed by atoms with van der Waals surface area (Å²) in [6, 6.07) is 27.8. The first-order valence-corrected chi connectivity index (χ1v) is 13.3. The van der Waals surface area contributed by atoms with E-state index in [1.165, 1.54) is 31.4 Å². The Labute approximate surface area is 223 Å². The molecule has 0 fully saturated rings. The fourth-order valence-corrected chi connectivity index (χ4v) is 5.10. The molecule has 0 spiro atoms. The van der Waals surface area contributed by atoms with Gasteiger partial charge in [-0.15, -0.1) is 0 Å². The number of ether oxygens (including phenoxy) is 3. The predicted molar refractivity (Wildman–Crippen MR) is 149 cm³/mol. The molecule has 0 saturated heterocycles. The number of nitrogens with zero attached hydrogens (tertiary/aromatic N) is 2. The average Bonchev–Trinajstić information content (AvgIpc) is 2.95. The summed E-state index contributed by atoms with van der Waals surface area (Å²) < 4.78 is 42.8. The molecule has 0 aromatic heterocycles. The van der Waals surface area contributed by atoms with Gasteiger partial charge in [-0.1, -0.05) is 30.3 Å². The number of hydrogen-bond acceptors (Lipinski definition) is 7. The van der Waals surface area contributed by atoms with E-state index in [-0.39, 0.29) is 9.79 Å².